The number of nitrogens with two attached hydrogens (primary N) is 1. The number of sulfonamides is 1. The zero-order chi connectivity index (χ0) is 20.9. The predicted octanol–water partition coefficient (Wildman–Crippen LogP) is 2.55. The van der Waals surface area contributed by atoms with Gasteiger partial charge in [-0.1, -0.05) is 30.3 Å². The maximum atomic E-state index is 14.3. The zero-order valence-electron chi connectivity index (χ0n) is 15.2. The van der Waals surface area contributed by atoms with Crippen molar-refractivity contribution < 1.29 is 27.1 Å². The lowest BCUT2D eigenvalue weighted by atomic mass is 9.96. The zero-order valence-corrected chi connectivity index (χ0v) is 16.0. The summed E-state index contributed by atoms with van der Waals surface area (Å²) in [5, 5.41) is 17.7. The molecule has 0 unspecified atom stereocenters. The number of nitrogens with one attached hydrogen (secondary N) is 1. The van der Waals surface area contributed by atoms with E-state index in [9.17, 15) is 27.1 Å². The van der Waals surface area contributed by atoms with Gasteiger partial charge in [0.15, 0.2) is 0 Å². The molecule has 1 aliphatic carbocycles. The molecule has 0 radical (unpaired) electrons. The van der Waals surface area contributed by atoms with E-state index in [2.05, 4.69) is 5.32 Å². The van der Waals surface area contributed by atoms with E-state index in [1.54, 1.807) is 18.2 Å². The highest BCUT2D eigenvalue weighted by Crippen LogP contribution is 2.62. The van der Waals surface area contributed by atoms with Crippen LogP contribution in [0.2, 0.25) is 0 Å². The normalized spacial score (nSPS) is 21.2. The Morgan fingerprint density at radius 1 is 1.14 bits per heavy atom. The summed E-state index contributed by atoms with van der Waals surface area (Å²) in [4.78, 5) is 12.3. The third-order valence-corrected chi connectivity index (χ3v) is 5.68. The van der Waals surface area contributed by atoms with Crippen LogP contribution in [0.4, 0.5) is 14.5 Å². The molecule has 3 rings (SSSR count). The lowest BCUT2D eigenvalue weighted by Gasteiger charge is -2.21. The van der Waals surface area contributed by atoms with Gasteiger partial charge >= 0.3 is 0 Å². The Hall–Kier alpha value is -2.36. The Kier molecular flexibility index (Phi) is 4.81. The molecule has 2 aromatic rings. The molecule has 150 valence electrons. The van der Waals surface area contributed by atoms with Gasteiger partial charge in [-0.15, -0.1) is 0 Å². The number of carbonyl (C=O) groups excluding carboxylic acids is 1. The van der Waals surface area contributed by atoms with Crippen LogP contribution >= 0.6 is 0 Å². The summed E-state index contributed by atoms with van der Waals surface area (Å²) in [7, 11) is -3.93. The minimum atomic E-state index is -3.93. The summed E-state index contributed by atoms with van der Waals surface area (Å²) in [6, 6.07) is 11.2. The summed E-state index contributed by atoms with van der Waals surface area (Å²) < 4.78 is 51.2. The first-order chi connectivity index (χ1) is 12.8. The molecule has 2 atom stereocenters. The molecule has 2 aromatic carbocycles. The molecule has 6 nitrogen and oxygen atoms in total. The van der Waals surface area contributed by atoms with Gasteiger partial charge in [0.1, 0.15) is 5.92 Å². The molecule has 1 amide bonds. The summed E-state index contributed by atoms with van der Waals surface area (Å²) in [6.45, 7) is 3.05. The van der Waals surface area contributed by atoms with Gasteiger partial charge in [-0.05, 0) is 37.6 Å². The number of rotatable bonds is 5. The molecule has 1 fully saturated rings. The molecule has 0 aliphatic heterocycles. The fraction of sp³-hybridized carbons (Fsp3) is 0.316. The Balaban J connectivity index is 1.83. The molecular formula is C19H20F2N2O4S. The highest BCUT2D eigenvalue weighted by atomic mass is 32.2. The second kappa shape index (κ2) is 6.61. The minimum Gasteiger partial charge on any atom is -0.386 e. The number of halogens is 2. The van der Waals surface area contributed by atoms with Gasteiger partial charge in [0.2, 0.25) is 15.9 Å². The molecule has 0 aromatic heterocycles. The molecule has 0 saturated heterocycles. The Morgan fingerprint density at radius 3 is 2.25 bits per heavy atom. The standard InChI is InChI=1S/C19H20F2N2O4S/c1-18(2,25)13-5-3-4-6-14(13)23-17(24)16-15(19(16,20)21)11-7-9-12(10-8-11)28(22,26)27/h3-10,15-16,25H,1-2H3,(H,23,24)(H2,22,26,27)/t15-,16+/m0/s1. The van der Waals surface area contributed by atoms with Gasteiger partial charge in [0, 0.05) is 11.3 Å². The first-order valence-corrected chi connectivity index (χ1v) is 10.0. The Bertz CT molecular complexity index is 1010. The lowest BCUT2D eigenvalue weighted by molar-refractivity contribution is -0.119. The first-order valence-electron chi connectivity index (χ1n) is 8.47. The van der Waals surface area contributed by atoms with E-state index in [-0.39, 0.29) is 16.1 Å². The van der Waals surface area contributed by atoms with Crippen molar-refractivity contribution in [1.29, 1.82) is 0 Å². The molecule has 0 bridgehead atoms. The second-order valence-electron chi connectivity index (χ2n) is 7.34. The first kappa shape index (κ1) is 20.4. The quantitative estimate of drug-likeness (QED) is 0.704. The van der Waals surface area contributed by atoms with Crippen molar-refractivity contribution in [3.05, 3.63) is 59.7 Å². The number of alkyl halides is 2. The summed E-state index contributed by atoms with van der Waals surface area (Å²) in [5.41, 5.74) is -0.459. The monoisotopic (exact) mass is 410 g/mol. The van der Waals surface area contributed by atoms with E-state index in [1.165, 1.54) is 32.0 Å². The van der Waals surface area contributed by atoms with Gasteiger partial charge in [-0.3, -0.25) is 4.79 Å². The molecule has 1 aliphatic rings. The molecule has 4 N–H and O–H groups in total. The van der Waals surface area contributed by atoms with Crippen LogP contribution in [0.5, 0.6) is 0 Å². The third kappa shape index (κ3) is 3.78. The van der Waals surface area contributed by atoms with E-state index in [4.69, 9.17) is 5.14 Å². The number of hydrogen-bond acceptors (Lipinski definition) is 4. The third-order valence-electron chi connectivity index (χ3n) is 4.75. The minimum absolute atomic E-state index is 0.147. The highest BCUT2D eigenvalue weighted by molar-refractivity contribution is 7.89. The van der Waals surface area contributed by atoms with Crippen molar-refractivity contribution in [3.63, 3.8) is 0 Å². The largest absolute Gasteiger partial charge is 0.386 e. The Morgan fingerprint density at radius 2 is 1.71 bits per heavy atom. The smallest absolute Gasteiger partial charge is 0.268 e. The maximum Gasteiger partial charge on any atom is 0.268 e. The van der Waals surface area contributed by atoms with Crippen molar-refractivity contribution in [2.75, 3.05) is 5.32 Å². The van der Waals surface area contributed by atoms with Crippen LogP contribution in [0.25, 0.3) is 0 Å². The van der Waals surface area contributed by atoms with E-state index in [1.807, 2.05) is 0 Å². The van der Waals surface area contributed by atoms with E-state index in [0.29, 0.717) is 5.56 Å². The van der Waals surface area contributed by atoms with Crippen molar-refractivity contribution >= 4 is 21.6 Å². The van der Waals surface area contributed by atoms with Crippen LogP contribution in [-0.4, -0.2) is 25.4 Å². The van der Waals surface area contributed by atoms with Crippen LogP contribution in [0.15, 0.2) is 53.4 Å². The average molecular weight is 410 g/mol. The molecule has 9 heteroatoms. The van der Waals surface area contributed by atoms with Crippen LogP contribution < -0.4 is 10.5 Å². The molecular weight excluding hydrogens is 390 g/mol. The van der Waals surface area contributed by atoms with Crippen molar-refractivity contribution in [2.24, 2.45) is 11.1 Å². The Labute approximate surface area is 161 Å². The van der Waals surface area contributed by atoms with Crippen molar-refractivity contribution in [3.8, 4) is 0 Å². The van der Waals surface area contributed by atoms with E-state index in [0.717, 1.165) is 12.1 Å². The van der Waals surface area contributed by atoms with Crippen molar-refractivity contribution in [2.45, 2.75) is 36.2 Å². The van der Waals surface area contributed by atoms with E-state index >= 15 is 0 Å². The van der Waals surface area contributed by atoms with Crippen LogP contribution in [0, 0.1) is 5.92 Å². The molecule has 28 heavy (non-hydrogen) atoms. The number of benzene rings is 2. The van der Waals surface area contributed by atoms with Crippen molar-refractivity contribution in [1.82, 2.24) is 0 Å². The number of amides is 1. The number of aliphatic hydroxyl groups is 1. The number of hydrogen-bond donors (Lipinski definition) is 3. The van der Waals surface area contributed by atoms with Gasteiger partial charge in [0.25, 0.3) is 5.92 Å². The average Bonchev–Trinajstić information content (AvgIpc) is 3.16. The lowest BCUT2D eigenvalue weighted by Crippen LogP contribution is -2.23. The van der Waals surface area contributed by atoms with Gasteiger partial charge in [0.05, 0.1) is 16.4 Å². The van der Waals surface area contributed by atoms with Crippen LogP contribution in [-0.2, 0) is 20.4 Å². The molecule has 0 heterocycles. The predicted molar refractivity (Wildman–Crippen MR) is 99.3 cm³/mol. The van der Waals surface area contributed by atoms with Gasteiger partial charge in [-0.25, -0.2) is 22.3 Å². The summed E-state index contributed by atoms with van der Waals surface area (Å²) >= 11 is 0. The molecule has 1 saturated carbocycles. The number of carbonyl (C=O) groups is 1. The fourth-order valence-electron chi connectivity index (χ4n) is 3.27. The molecule has 0 spiro atoms. The number of para-hydroxylation sites is 1. The van der Waals surface area contributed by atoms with Gasteiger partial charge in [-0.2, -0.15) is 0 Å². The fourth-order valence-corrected chi connectivity index (χ4v) is 3.78. The second-order valence-corrected chi connectivity index (χ2v) is 8.90. The highest BCUT2D eigenvalue weighted by Gasteiger charge is 2.72. The summed E-state index contributed by atoms with van der Waals surface area (Å²) in [5.74, 6) is -7.10. The van der Waals surface area contributed by atoms with Gasteiger partial charge < -0.3 is 10.4 Å². The topological polar surface area (TPSA) is 109 Å². The number of primary sulfonamides is 1. The maximum absolute atomic E-state index is 14.3. The summed E-state index contributed by atoms with van der Waals surface area (Å²) in [6.07, 6.45) is 0. The van der Waals surface area contributed by atoms with E-state index < -0.39 is 39.3 Å². The number of anilines is 1. The van der Waals surface area contributed by atoms with Crippen LogP contribution in [0.3, 0.4) is 0 Å². The van der Waals surface area contributed by atoms with Crippen LogP contribution in [0.1, 0.15) is 30.9 Å². The SMILES string of the molecule is CC(C)(O)c1ccccc1NC(=O)[C@H]1[C@H](c2ccc(S(N)(=O)=O)cc2)C1(F)F.